The molecule has 0 N–H and O–H groups in total. The van der Waals surface area contributed by atoms with Gasteiger partial charge in [-0.1, -0.05) is 66.7 Å². The molecule has 4 aromatic carbocycles. The normalized spacial score (nSPS) is 11.4. The lowest BCUT2D eigenvalue weighted by molar-refractivity contribution is -0.661. The fraction of sp³-hybridized carbons (Fsp3) is 0.0645. The molecule has 0 saturated carbocycles. The van der Waals surface area contributed by atoms with Crippen molar-refractivity contribution in [3.8, 4) is 33.5 Å². The SMILES string of the molecule is Cc1ccc2c(oc3c(-c4ccc(-c5ccccc5)cc4)c(F)ccc32)c1-c1ccc(F)c[n+]1C. The number of furan rings is 1. The van der Waals surface area contributed by atoms with Crippen LogP contribution in [0.3, 0.4) is 0 Å². The summed E-state index contributed by atoms with van der Waals surface area (Å²) in [6.07, 6.45) is 1.44. The Morgan fingerprint density at radius 2 is 1.26 bits per heavy atom. The smallest absolute Gasteiger partial charge is 0.216 e. The van der Waals surface area contributed by atoms with E-state index in [4.69, 9.17) is 4.42 Å². The molecule has 0 aliphatic carbocycles. The summed E-state index contributed by atoms with van der Waals surface area (Å²) in [4.78, 5) is 0. The first kappa shape index (κ1) is 21.2. The van der Waals surface area contributed by atoms with Crippen LogP contribution in [-0.2, 0) is 7.05 Å². The Morgan fingerprint density at radius 3 is 1.97 bits per heavy atom. The Labute approximate surface area is 201 Å². The highest BCUT2D eigenvalue weighted by atomic mass is 19.1. The van der Waals surface area contributed by atoms with Crippen molar-refractivity contribution >= 4 is 21.9 Å². The predicted molar refractivity (Wildman–Crippen MR) is 136 cm³/mol. The van der Waals surface area contributed by atoms with Gasteiger partial charge < -0.3 is 4.42 Å². The number of hydrogen-bond acceptors (Lipinski definition) is 1. The summed E-state index contributed by atoms with van der Waals surface area (Å²) in [6, 6.07) is 28.4. The summed E-state index contributed by atoms with van der Waals surface area (Å²) in [6.45, 7) is 2.00. The highest BCUT2D eigenvalue weighted by Gasteiger charge is 2.23. The van der Waals surface area contributed by atoms with Gasteiger partial charge in [0.15, 0.2) is 5.82 Å². The Kier molecular flexibility index (Phi) is 4.96. The van der Waals surface area contributed by atoms with Crippen LogP contribution in [0.15, 0.2) is 102 Å². The minimum absolute atomic E-state index is 0.311. The average molecular weight is 463 g/mol. The maximum atomic E-state index is 15.3. The molecule has 0 fully saturated rings. The van der Waals surface area contributed by atoms with Crippen molar-refractivity contribution in [3.05, 3.63) is 114 Å². The molecule has 2 nitrogen and oxygen atoms in total. The van der Waals surface area contributed by atoms with E-state index < -0.39 is 0 Å². The van der Waals surface area contributed by atoms with Crippen LogP contribution in [0.4, 0.5) is 8.78 Å². The number of rotatable bonds is 3. The van der Waals surface area contributed by atoms with E-state index in [0.29, 0.717) is 16.7 Å². The molecule has 4 heteroatoms. The van der Waals surface area contributed by atoms with Crippen LogP contribution in [0.5, 0.6) is 0 Å². The van der Waals surface area contributed by atoms with E-state index in [-0.39, 0.29) is 11.6 Å². The number of fused-ring (bicyclic) bond motifs is 3. The molecule has 2 heterocycles. The van der Waals surface area contributed by atoms with Gasteiger partial charge in [-0.05, 0) is 47.4 Å². The topological polar surface area (TPSA) is 17.0 Å². The maximum Gasteiger partial charge on any atom is 0.216 e. The summed E-state index contributed by atoms with van der Waals surface area (Å²) in [5.74, 6) is -0.649. The Bertz CT molecular complexity index is 1720. The van der Waals surface area contributed by atoms with Crippen molar-refractivity contribution < 1.29 is 17.8 Å². The van der Waals surface area contributed by atoms with Crippen molar-refractivity contribution in [2.75, 3.05) is 0 Å². The van der Waals surface area contributed by atoms with Crippen molar-refractivity contribution in [3.63, 3.8) is 0 Å². The Hall–Kier alpha value is -4.31. The van der Waals surface area contributed by atoms with E-state index in [1.165, 1.54) is 18.3 Å². The van der Waals surface area contributed by atoms with Crippen molar-refractivity contribution in [2.45, 2.75) is 6.92 Å². The van der Waals surface area contributed by atoms with Crippen molar-refractivity contribution in [1.82, 2.24) is 0 Å². The number of benzene rings is 4. The Morgan fingerprint density at radius 1 is 0.629 bits per heavy atom. The number of hydrogen-bond donors (Lipinski definition) is 0. The molecular formula is C31H22F2NO+. The molecule has 0 atom stereocenters. The monoisotopic (exact) mass is 462 g/mol. The van der Waals surface area contributed by atoms with Gasteiger partial charge in [-0.3, -0.25) is 0 Å². The fourth-order valence-electron chi connectivity index (χ4n) is 4.86. The molecule has 2 aromatic heterocycles. The van der Waals surface area contributed by atoms with Gasteiger partial charge in [-0.2, -0.15) is 4.57 Å². The number of pyridine rings is 1. The summed E-state index contributed by atoms with van der Waals surface area (Å²) < 4.78 is 37.2. The summed E-state index contributed by atoms with van der Waals surface area (Å²) in [5, 5.41) is 1.74. The quantitative estimate of drug-likeness (QED) is 0.244. The molecule has 0 bridgehead atoms. The number of nitrogens with zero attached hydrogens (tertiary/aromatic N) is 1. The summed E-state index contributed by atoms with van der Waals surface area (Å²) in [7, 11) is 1.80. The second-order valence-corrected chi connectivity index (χ2v) is 8.82. The van der Waals surface area contributed by atoms with Crippen LogP contribution in [0.1, 0.15) is 5.56 Å². The van der Waals surface area contributed by atoms with Crippen LogP contribution in [0, 0.1) is 18.6 Å². The molecule has 0 radical (unpaired) electrons. The molecule has 6 aromatic rings. The van der Waals surface area contributed by atoms with Gasteiger partial charge in [0.25, 0.3) is 0 Å². The second-order valence-electron chi connectivity index (χ2n) is 8.82. The molecule has 0 unspecified atom stereocenters. The minimum atomic E-state index is -0.338. The van der Waals surface area contributed by atoms with E-state index in [0.717, 1.165) is 44.3 Å². The third kappa shape index (κ3) is 3.50. The zero-order chi connectivity index (χ0) is 24.1. The molecule has 0 aliphatic heterocycles. The van der Waals surface area contributed by atoms with Gasteiger partial charge in [0.1, 0.15) is 24.0 Å². The molecule has 0 aliphatic rings. The number of aryl methyl sites for hydroxylation is 2. The lowest BCUT2D eigenvalue weighted by Gasteiger charge is -2.07. The highest BCUT2D eigenvalue weighted by Crippen LogP contribution is 2.41. The van der Waals surface area contributed by atoms with Crippen LogP contribution >= 0.6 is 0 Å². The van der Waals surface area contributed by atoms with Crippen molar-refractivity contribution in [2.24, 2.45) is 7.05 Å². The highest BCUT2D eigenvalue weighted by molar-refractivity contribution is 6.13. The van der Waals surface area contributed by atoms with E-state index in [1.807, 2.05) is 61.5 Å². The first-order valence-electron chi connectivity index (χ1n) is 11.5. The predicted octanol–water partition coefficient (Wildman–Crippen LogP) is 8.00. The van der Waals surface area contributed by atoms with Gasteiger partial charge in [-0.15, -0.1) is 0 Å². The zero-order valence-corrected chi connectivity index (χ0v) is 19.3. The number of halogens is 2. The van der Waals surface area contributed by atoms with Crippen LogP contribution in [-0.4, -0.2) is 0 Å². The van der Waals surface area contributed by atoms with Crippen LogP contribution in [0.2, 0.25) is 0 Å². The van der Waals surface area contributed by atoms with E-state index in [2.05, 4.69) is 12.1 Å². The molecule has 0 spiro atoms. The van der Waals surface area contributed by atoms with Gasteiger partial charge in [0.2, 0.25) is 11.9 Å². The first-order chi connectivity index (χ1) is 17.0. The second kappa shape index (κ2) is 8.17. The minimum Gasteiger partial charge on any atom is -0.454 e. The third-order valence-corrected chi connectivity index (χ3v) is 6.60. The van der Waals surface area contributed by atoms with Crippen LogP contribution in [0.25, 0.3) is 55.4 Å². The molecule has 170 valence electrons. The molecule has 0 saturated heterocycles. The molecule has 0 amide bonds. The molecule has 6 rings (SSSR count). The largest absolute Gasteiger partial charge is 0.454 e. The first-order valence-corrected chi connectivity index (χ1v) is 11.5. The maximum absolute atomic E-state index is 15.3. The molecule has 35 heavy (non-hydrogen) atoms. The summed E-state index contributed by atoms with van der Waals surface area (Å²) in [5.41, 5.74) is 7.20. The molecular weight excluding hydrogens is 440 g/mol. The van der Waals surface area contributed by atoms with Gasteiger partial charge >= 0.3 is 0 Å². The van der Waals surface area contributed by atoms with Crippen molar-refractivity contribution in [1.29, 1.82) is 0 Å². The van der Waals surface area contributed by atoms with Gasteiger partial charge in [-0.25, -0.2) is 8.78 Å². The Balaban J connectivity index is 1.58. The van der Waals surface area contributed by atoms with Crippen LogP contribution < -0.4 is 4.57 Å². The summed E-state index contributed by atoms with van der Waals surface area (Å²) >= 11 is 0. The standard InChI is InChI=1S/C31H22F2NO/c1-19-8-14-24-25-15-16-26(33)29(22-11-9-21(10-12-22)20-6-4-3-5-7-20)31(25)35-30(24)28(19)27-17-13-23(32)18-34(27)2/h3-18H,1-2H3/q+1. The number of aromatic nitrogens is 1. The lowest BCUT2D eigenvalue weighted by Crippen LogP contribution is -2.31. The third-order valence-electron chi connectivity index (χ3n) is 6.60. The average Bonchev–Trinajstić information content (AvgIpc) is 3.24. The van der Waals surface area contributed by atoms with Gasteiger partial charge in [0, 0.05) is 16.8 Å². The van der Waals surface area contributed by atoms with Gasteiger partial charge in [0.05, 0.1) is 11.1 Å². The zero-order valence-electron chi connectivity index (χ0n) is 19.3. The van der Waals surface area contributed by atoms with E-state index >= 15 is 4.39 Å². The van der Waals surface area contributed by atoms with E-state index in [9.17, 15) is 4.39 Å². The lowest BCUT2D eigenvalue weighted by atomic mass is 9.97. The van der Waals surface area contributed by atoms with E-state index in [1.54, 1.807) is 23.7 Å². The fourth-order valence-corrected chi connectivity index (χ4v) is 4.86.